The molecule has 1 saturated carbocycles. The molecule has 5 rings (SSSR count). The maximum atomic E-state index is 13.3. The van der Waals surface area contributed by atoms with E-state index in [1.54, 1.807) is 24.3 Å². The standard InChI is InChI=1S/C25H25ClN4O2/c26-17-9-13-20(14-10-17)30-22-8-3-1-2-7-21(22)23(29-30)25(32)28-19-6-4-5-16(15-19)24(31)27-18-11-12-18/h4-6,9-10,13-15,18H,1-3,7-8,11-12H2,(H,27,31)(H,28,32). The van der Waals surface area contributed by atoms with E-state index in [-0.39, 0.29) is 17.9 Å². The quantitative estimate of drug-likeness (QED) is 0.543. The van der Waals surface area contributed by atoms with Crippen LogP contribution in [-0.2, 0) is 12.8 Å². The summed E-state index contributed by atoms with van der Waals surface area (Å²) in [6, 6.07) is 14.8. The SMILES string of the molecule is O=C(NC1CC1)c1cccc(NC(=O)c2nn(-c3ccc(Cl)cc3)c3c2CCCCC3)c1. The lowest BCUT2D eigenvalue weighted by molar-refractivity contribution is 0.0949. The number of anilines is 1. The van der Waals surface area contributed by atoms with E-state index in [1.165, 1.54) is 0 Å². The summed E-state index contributed by atoms with van der Waals surface area (Å²) in [7, 11) is 0. The van der Waals surface area contributed by atoms with Crippen molar-refractivity contribution in [2.75, 3.05) is 5.32 Å². The van der Waals surface area contributed by atoms with Gasteiger partial charge in [-0.15, -0.1) is 0 Å². The monoisotopic (exact) mass is 448 g/mol. The van der Waals surface area contributed by atoms with Crippen LogP contribution in [-0.4, -0.2) is 27.6 Å². The first kappa shape index (κ1) is 20.8. The molecule has 3 aromatic rings. The molecule has 7 heteroatoms. The number of carbonyl (C=O) groups is 2. The van der Waals surface area contributed by atoms with E-state index in [2.05, 4.69) is 10.6 Å². The predicted molar refractivity (Wildman–Crippen MR) is 125 cm³/mol. The third-order valence-corrected chi connectivity index (χ3v) is 6.26. The molecule has 6 nitrogen and oxygen atoms in total. The fourth-order valence-electron chi connectivity index (χ4n) is 4.18. The smallest absolute Gasteiger partial charge is 0.276 e. The topological polar surface area (TPSA) is 76.0 Å². The highest BCUT2D eigenvalue weighted by Crippen LogP contribution is 2.28. The summed E-state index contributed by atoms with van der Waals surface area (Å²) in [5.41, 5.74) is 4.57. The summed E-state index contributed by atoms with van der Waals surface area (Å²) in [4.78, 5) is 25.6. The van der Waals surface area contributed by atoms with Crippen molar-refractivity contribution >= 4 is 29.1 Å². The molecular formula is C25H25ClN4O2. The number of fused-ring (bicyclic) bond motifs is 1. The molecule has 2 aliphatic rings. The molecular weight excluding hydrogens is 424 g/mol. The van der Waals surface area contributed by atoms with Crippen molar-refractivity contribution in [3.05, 3.63) is 76.1 Å². The molecule has 0 saturated heterocycles. The molecule has 32 heavy (non-hydrogen) atoms. The van der Waals surface area contributed by atoms with Gasteiger partial charge in [-0.1, -0.05) is 24.1 Å². The van der Waals surface area contributed by atoms with Crippen LogP contribution in [0.5, 0.6) is 0 Å². The molecule has 2 amide bonds. The van der Waals surface area contributed by atoms with E-state index in [4.69, 9.17) is 16.7 Å². The highest BCUT2D eigenvalue weighted by molar-refractivity contribution is 6.30. The van der Waals surface area contributed by atoms with Crippen molar-refractivity contribution in [2.24, 2.45) is 0 Å². The minimum Gasteiger partial charge on any atom is -0.349 e. The number of rotatable bonds is 5. The second-order valence-electron chi connectivity index (χ2n) is 8.51. The number of hydrogen-bond donors (Lipinski definition) is 2. The van der Waals surface area contributed by atoms with Crippen LogP contribution < -0.4 is 10.6 Å². The molecule has 1 fully saturated rings. The molecule has 0 atom stereocenters. The van der Waals surface area contributed by atoms with Crippen molar-refractivity contribution in [1.29, 1.82) is 0 Å². The van der Waals surface area contributed by atoms with E-state index < -0.39 is 0 Å². The van der Waals surface area contributed by atoms with E-state index in [9.17, 15) is 9.59 Å². The molecule has 164 valence electrons. The minimum atomic E-state index is -0.254. The van der Waals surface area contributed by atoms with Gasteiger partial charge in [0, 0.05) is 33.6 Å². The summed E-state index contributed by atoms with van der Waals surface area (Å²) >= 11 is 6.06. The highest BCUT2D eigenvalue weighted by atomic mass is 35.5. The maximum absolute atomic E-state index is 13.3. The number of amides is 2. The summed E-state index contributed by atoms with van der Waals surface area (Å²) in [6.45, 7) is 0. The fraction of sp³-hybridized carbons (Fsp3) is 0.320. The van der Waals surface area contributed by atoms with E-state index in [0.29, 0.717) is 22.0 Å². The van der Waals surface area contributed by atoms with Gasteiger partial charge < -0.3 is 10.6 Å². The van der Waals surface area contributed by atoms with Crippen LogP contribution in [0.2, 0.25) is 5.02 Å². The number of hydrogen-bond acceptors (Lipinski definition) is 3. The first-order valence-electron chi connectivity index (χ1n) is 11.2. The maximum Gasteiger partial charge on any atom is 0.276 e. The van der Waals surface area contributed by atoms with Crippen molar-refractivity contribution in [3.63, 3.8) is 0 Å². The summed E-state index contributed by atoms with van der Waals surface area (Å²) in [5, 5.41) is 11.3. The number of nitrogens with one attached hydrogen (secondary N) is 2. The summed E-state index contributed by atoms with van der Waals surface area (Å²) < 4.78 is 1.88. The molecule has 0 bridgehead atoms. The molecule has 1 heterocycles. The number of benzene rings is 2. The normalized spacial score (nSPS) is 15.5. The predicted octanol–water partition coefficient (Wildman–Crippen LogP) is 4.94. The zero-order valence-corrected chi connectivity index (χ0v) is 18.5. The van der Waals surface area contributed by atoms with Crippen molar-refractivity contribution in [3.8, 4) is 5.69 Å². The Balaban J connectivity index is 1.43. The molecule has 2 aliphatic carbocycles. The van der Waals surface area contributed by atoms with Crippen LogP contribution in [0.1, 0.15) is 64.2 Å². The van der Waals surface area contributed by atoms with Gasteiger partial charge in [0.2, 0.25) is 0 Å². The van der Waals surface area contributed by atoms with Gasteiger partial charge in [0.25, 0.3) is 11.8 Å². The van der Waals surface area contributed by atoms with Crippen LogP contribution in [0.4, 0.5) is 5.69 Å². The largest absolute Gasteiger partial charge is 0.349 e. The second-order valence-corrected chi connectivity index (χ2v) is 8.94. The van der Waals surface area contributed by atoms with Crippen LogP contribution >= 0.6 is 11.6 Å². The van der Waals surface area contributed by atoms with E-state index >= 15 is 0 Å². The number of halogens is 1. The Labute approximate surface area is 192 Å². The average Bonchev–Trinajstić information content (AvgIpc) is 3.58. The van der Waals surface area contributed by atoms with Gasteiger partial charge in [-0.3, -0.25) is 9.59 Å². The molecule has 0 aliphatic heterocycles. The van der Waals surface area contributed by atoms with Crippen LogP contribution in [0.25, 0.3) is 5.69 Å². The first-order chi connectivity index (χ1) is 15.6. The first-order valence-corrected chi connectivity index (χ1v) is 11.6. The third-order valence-electron chi connectivity index (χ3n) is 6.01. The van der Waals surface area contributed by atoms with Crippen molar-refractivity contribution < 1.29 is 9.59 Å². The van der Waals surface area contributed by atoms with Crippen molar-refractivity contribution in [2.45, 2.75) is 51.0 Å². The summed E-state index contributed by atoms with van der Waals surface area (Å²) in [5.74, 6) is -0.361. The molecule has 0 radical (unpaired) electrons. The average molecular weight is 449 g/mol. The Morgan fingerprint density at radius 2 is 1.75 bits per heavy atom. The second kappa shape index (κ2) is 8.79. The fourth-order valence-corrected chi connectivity index (χ4v) is 4.30. The Morgan fingerprint density at radius 1 is 0.969 bits per heavy atom. The molecule has 0 unspecified atom stereocenters. The highest BCUT2D eigenvalue weighted by Gasteiger charge is 2.26. The Hall–Kier alpha value is -3.12. The zero-order valence-electron chi connectivity index (χ0n) is 17.7. The van der Waals surface area contributed by atoms with Crippen LogP contribution in [0.15, 0.2) is 48.5 Å². The molecule has 2 N–H and O–H groups in total. The lowest BCUT2D eigenvalue weighted by Gasteiger charge is -2.08. The van der Waals surface area contributed by atoms with E-state index in [1.807, 2.05) is 28.9 Å². The number of nitrogens with zero attached hydrogens (tertiary/aromatic N) is 2. The zero-order chi connectivity index (χ0) is 22.1. The van der Waals surface area contributed by atoms with Crippen LogP contribution in [0.3, 0.4) is 0 Å². The Morgan fingerprint density at radius 3 is 2.53 bits per heavy atom. The minimum absolute atomic E-state index is 0.107. The van der Waals surface area contributed by atoms with Gasteiger partial charge in [-0.2, -0.15) is 5.10 Å². The van der Waals surface area contributed by atoms with Gasteiger partial charge in [0.05, 0.1) is 5.69 Å². The molecule has 2 aromatic carbocycles. The number of carbonyl (C=O) groups excluding carboxylic acids is 2. The van der Waals surface area contributed by atoms with Gasteiger partial charge in [-0.05, 0) is 81.0 Å². The van der Waals surface area contributed by atoms with Crippen molar-refractivity contribution in [1.82, 2.24) is 15.1 Å². The van der Waals surface area contributed by atoms with Gasteiger partial charge in [0.15, 0.2) is 5.69 Å². The lowest BCUT2D eigenvalue weighted by Crippen LogP contribution is -2.25. The van der Waals surface area contributed by atoms with Gasteiger partial charge >= 0.3 is 0 Å². The van der Waals surface area contributed by atoms with Crippen LogP contribution in [0, 0.1) is 0 Å². The third kappa shape index (κ3) is 4.41. The number of aromatic nitrogens is 2. The molecule has 0 spiro atoms. The van der Waals surface area contributed by atoms with Gasteiger partial charge in [0.1, 0.15) is 0 Å². The summed E-state index contributed by atoms with van der Waals surface area (Å²) in [6.07, 6.45) is 7.02. The lowest BCUT2D eigenvalue weighted by atomic mass is 10.1. The van der Waals surface area contributed by atoms with E-state index in [0.717, 1.165) is 61.9 Å². The Kier molecular flexibility index (Phi) is 5.70. The Bertz CT molecular complexity index is 1170. The molecule has 1 aromatic heterocycles. The van der Waals surface area contributed by atoms with Gasteiger partial charge in [-0.25, -0.2) is 4.68 Å².